The van der Waals surface area contributed by atoms with Crippen LogP contribution in [0.4, 0.5) is 13.2 Å². The molecule has 1 aromatic carbocycles. The number of hydrogen-bond donors (Lipinski definition) is 1. The number of carboxylic acid groups (broad SMARTS) is 1. The lowest BCUT2D eigenvalue weighted by Crippen LogP contribution is -2.40. The lowest BCUT2D eigenvalue weighted by atomic mass is 9.98. The summed E-state index contributed by atoms with van der Waals surface area (Å²) in [6, 6.07) is 7.25. The van der Waals surface area contributed by atoms with Gasteiger partial charge in [-0.15, -0.1) is 12.4 Å². The Hall–Kier alpha value is -1.80. The molecule has 0 amide bonds. The number of piperidine rings is 1. The molecule has 1 fully saturated rings. The van der Waals surface area contributed by atoms with Crippen molar-refractivity contribution in [3.63, 3.8) is 0 Å². The summed E-state index contributed by atoms with van der Waals surface area (Å²) in [4.78, 5) is 17.7. The molecule has 5 nitrogen and oxygen atoms in total. The summed E-state index contributed by atoms with van der Waals surface area (Å²) < 4.78 is 39.1. The van der Waals surface area contributed by atoms with Crippen molar-refractivity contribution in [3.8, 4) is 0 Å². The molecule has 1 aromatic rings. The van der Waals surface area contributed by atoms with Crippen molar-refractivity contribution >= 4 is 24.1 Å². The molecule has 0 aliphatic carbocycles. The van der Waals surface area contributed by atoms with E-state index in [9.17, 15) is 18.0 Å². The quantitative estimate of drug-likeness (QED) is 0.468. The van der Waals surface area contributed by atoms with Crippen molar-refractivity contribution in [2.45, 2.75) is 19.0 Å². The van der Waals surface area contributed by atoms with Gasteiger partial charge in [-0.05, 0) is 19.4 Å². The minimum absolute atomic E-state index is 0. The predicted octanol–water partition coefficient (Wildman–Crippen LogP) is 3.19. The summed E-state index contributed by atoms with van der Waals surface area (Å²) in [5.41, 5.74) is -1.14. The zero-order chi connectivity index (χ0) is 17.6. The van der Waals surface area contributed by atoms with Crippen LogP contribution in [0.1, 0.15) is 18.4 Å². The van der Waals surface area contributed by atoms with E-state index in [0.717, 1.165) is 6.42 Å². The molecule has 1 N–H and O–H groups in total. The summed E-state index contributed by atoms with van der Waals surface area (Å²) in [5.74, 6) is -1.28. The first-order valence-electron chi connectivity index (χ1n) is 7.65. The van der Waals surface area contributed by atoms with Gasteiger partial charge in [0, 0.05) is 18.7 Å². The fourth-order valence-electron chi connectivity index (χ4n) is 2.60. The van der Waals surface area contributed by atoms with Gasteiger partial charge >= 0.3 is 12.1 Å². The second-order valence-corrected chi connectivity index (χ2v) is 5.61. The average molecular weight is 381 g/mol. The van der Waals surface area contributed by atoms with Gasteiger partial charge in [0.1, 0.15) is 6.61 Å². The molecule has 0 aromatic heterocycles. The van der Waals surface area contributed by atoms with E-state index in [0.29, 0.717) is 26.1 Å². The fraction of sp³-hybridized carbons (Fsp3) is 0.500. The Morgan fingerprint density at radius 1 is 1.32 bits per heavy atom. The zero-order valence-electron chi connectivity index (χ0n) is 13.4. The Morgan fingerprint density at radius 3 is 2.60 bits per heavy atom. The van der Waals surface area contributed by atoms with Gasteiger partial charge < -0.3 is 9.94 Å². The molecule has 9 heteroatoms. The Morgan fingerprint density at radius 2 is 2.00 bits per heavy atom. The van der Waals surface area contributed by atoms with Crippen LogP contribution in [0.5, 0.6) is 0 Å². The number of oxime groups is 1. The van der Waals surface area contributed by atoms with E-state index in [4.69, 9.17) is 9.94 Å². The molecule has 140 valence electrons. The molecule has 1 unspecified atom stereocenters. The highest BCUT2D eigenvalue weighted by Gasteiger charge is 2.37. The Labute approximate surface area is 149 Å². The number of rotatable bonds is 6. The van der Waals surface area contributed by atoms with Crippen molar-refractivity contribution in [3.05, 3.63) is 35.9 Å². The number of carboxylic acids is 1. The van der Waals surface area contributed by atoms with Gasteiger partial charge in [0.2, 0.25) is 0 Å². The second kappa shape index (κ2) is 9.62. The maximum atomic E-state index is 13.0. The maximum absolute atomic E-state index is 13.0. The lowest BCUT2D eigenvalue weighted by molar-refractivity contribution is -0.143. The van der Waals surface area contributed by atoms with E-state index in [1.54, 1.807) is 6.07 Å². The number of aliphatic carboxylic acids is 1. The van der Waals surface area contributed by atoms with Crippen LogP contribution in [0.25, 0.3) is 0 Å². The molecule has 1 saturated heterocycles. The van der Waals surface area contributed by atoms with E-state index in [1.165, 1.54) is 24.3 Å². The molecule has 0 saturated carbocycles. The number of alkyl halides is 3. The minimum atomic E-state index is -4.61. The first kappa shape index (κ1) is 21.2. The normalized spacial score (nSPS) is 19.2. The molecule has 25 heavy (non-hydrogen) atoms. The fourth-order valence-corrected chi connectivity index (χ4v) is 2.60. The first-order valence-corrected chi connectivity index (χ1v) is 7.65. The van der Waals surface area contributed by atoms with Gasteiger partial charge in [-0.25, -0.2) is 0 Å². The predicted molar refractivity (Wildman–Crippen MR) is 89.0 cm³/mol. The average Bonchev–Trinajstić information content (AvgIpc) is 2.54. The first-order chi connectivity index (χ1) is 11.4. The number of nitrogens with zero attached hydrogens (tertiary/aromatic N) is 2. The molecule has 1 aliphatic rings. The largest absolute Gasteiger partial charge is 0.481 e. The Kier molecular flexibility index (Phi) is 8.18. The molecule has 1 atom stereocenters. The van der Waals surface area contributed by atoms with Gasteiger partial charge in [-0.3, -0.25) is 9.69 Å². The Balaban J connectivity index is 0.00000312. The van der Waals surface area contributed by atoms with Crippen LogP contribution in [-0.4, -0.2) is 54.1 Å². The molecular formula is C16H20ClF3N2O3. The summed E-state index contributed by atoms with van der Waals surface area (Å²) >= 11 is 0. The van der Waals surface area contributed by atoms with Crippen molar-refractivity contribution < 1.29 is 27.9 Å². The van der Waals surface area contributed by atoms with Crippen LogP contribution < -0.4 is 0 Å². The topological polar surface area (TPSA) is 62.1 Å². The number of halogens is 4. The van der Waals surface area contributed by atoms with Crippen molar-refractivity contribution in [2.24, 2.45) is 11.1 Å². The van der Waals surface area contributed by atoms with E-state index in [-0.39, 0.29) is 24.6 Å². The van der Waals surface area contributed by atoms with Crippen LogP contribution in [0.15, 0.2) is 35.5 Å². The summed E-state index contributed by atoms with van der Waals surface area (Å²) in [7, 11) is 0. The standard InChI is InChI=1S/C16H19F3N2O3.ClH/c17-16(18,19)14(12-5-2-1-3-6-12)20-24-10-9-21-8-4-7-13(11-21)15(22)23;/h1-3,5-6,13H,4,7-11H2,(H,22,23);1H. The molecule has 1 aliphatic heterocycles. The van der Waals surface area contributed by atoms with Crippen molar-refractivity contribution in [2.75, 3.05) is 26.2 Å². The van der Waals surface area contributed by atoms with Crippen LogP contribution in [0, 0.1) is 5.92 Å². The highest BCUT2D eigenvalue weighted by molar-refractivity contribution is 6.04. The van der Waals surface area contributed by atoms with E-state index >= 15 is 0 Å². The van der Waals surface area contributed by atoms with Crippen LogP contribution >= 0.6 is 12.4 Å². The number of benzene rings is 1. The monoisotopic (exact) mass is 380 g/mol. The van der Waals surface area contributed by atoms with Gasteiger partial charge in [-0.1, -0.05) is 35.5 Å². The van der Waals surface area contributed by atoms with Crippen LogP contribution in [0.2, 0.25) is 0 Å². The van der Waals surface area contributed by atoms with E-state index in [2.05, 4.69) is 5.16 Å². The van der Waals surface area contributed by atoms with Crippen LogP contribution in [0.3, 0.4) is 0 Å². The number of hydrogen-bond acceptors (Lipinski definition) is 4. The minimum Gasteiger partial charge on any atom is -0.481 e. The summed E-state index contributed by atoms with van der Waals surface area (Å²) in [6.45, 7) is 1.40. The van der Waals surface area contributed by atoms with Crippen molar-refractivity contribution in [1.29, 1.82) is 0 Å². The van der Waals surface area contributed by atoms with Gasteiger partial charge in [-0.2, -0.15) is 13.2 Å². The zero-order valence-corrected chi connectivity index (χ0v) is 14.2. The smallest absolute Gasteiger partial charge is 0.437 e. The molecule has 0 radical (unpaired) electrons. The molecule has 2 rings (SSSR count). The third-order valence-electron chi connectivity index (χ3n) is 3.83. The maximum Gasteiger partial charge on any atom is 0.437 e. The van der Waals surface area contributed by atoms with E-state index < -0.39 is 23.8 Å². The van der Waals surface area contributed by atoms with Crippen molar-refractivity contribution in [1.82, 2.24) is 4.90 Å². The molecule has 0 bridgehead atoms. The molecular weight excluding hydrogens is 361 g/mol. The van der Waals surface area contributed by atoms with Gasteiger partial charge in [0.15, 0.2) is 5.71 Å². The molecule has 1 heterocycles. The SMILES string of the molecule is Cl.O=C(O)C1CCCN(CCON=C(c2ccccc2)C(F)(F)F)C1. The number of likely N-dealkylation sites (tertiary alicyclic amines) is 1. The van der Waals surface area contributed by atoms with E-state index in [1.807, 2.05) is 4.90 Å². The Bertz CT molecular complexity index is 582. The third kappa shape index (κ3) is 6.55. The van der Waals surface area contributed by atoms with Crippen LogP contribution in [-0.2, 0) is 9.63 Å². The lowest BCUT2D eigenvalue weighted by Gasteiger charge is -2.29. The molecule has 0 spiro atoms. The van der Waals surface area contributed by atoms with Gasteiger partial charge in [0.05, 0.1) is 5.92 Å². The second-order valence-electron chi connectivity index (χ2n) is 5.61. The third-order valence-corrected chi connectivity index (χ3v) is 3.83. The number of carbonyl (C=O) groups is 1. The summed E-state index contributed by atoms with van der Waals surface area (Å²) in [5, 5.41) is 12.3. The van der Waals surface area contributed by atoms with Gasteiger partial charge in [0.25, 0.3) is 0 Å². The summed E-state index contributed by atoms with van der Waals surface area (Å²) in [6.07, 6.45) is -3.24. The highest BCUT2D eigenvalue weighted by atomic mass is 35.5. The highest BCUT2D eigenvalue weighted by Crippen LogP contribution is 2.23.